The number of hydrogen-bond donors (Lipinski definition) is 3. The number of rotatable bonds is 6. The highest BCUT2D eigenvalue weighted by Gasteiger charge is 2.11. The number of amides is 2. The van der Waals surface area contributed by atoms with Crippen LogP contribution in [0.4, 0.5) is 16.2 Å². The average Bonchev–Trinajstić information content (AvgIpc) is 2.97. The molecule has 0 saturated heterocycles. The Bertz CT molecular complexity index is 772. The number of furan rings is 1. The molecule has 1 aromatic heterocycles. The van der Waals surface area contributed by atoms with Gasteiger partial charge in [-0.25, -0.2) is 13.2 Å². The van der Waals surface area contributed by atoms with Crippen LogP contribution in [0.1, 0.15) is 5.76 Å². The Kier molecular flexibility index (Phi) is 5.12. The van der Waals surface area contributed by atoms with Gasteiger partial charge in [0.25, 0.3) is 0 Å². The second-order valence-electron chi connectivity index (χ2n) is 4.68. The topological polar surface area (TPSA) is 110 Å². The van der Waals surface area contributed by atoms with Crippen molar-refractivity contribution in [3.63, 3.8) is 0 Å². The third-order valence-electron chi connectivity index (χ3n) is 2.76. The molecule has 1 aromatic carbocycles. The van der Waals surface area contributed by atoms with E-state index in [1.165, 1.54) is 19.4 Å². The largest absolute Gasteiger partial charge is 0.495 e. The highest BCUT2D eigenvalue weighted by molar-refractivity contribution is 7.92. The van der Waals surface area contributed by atoms with E-state index in [1.54, 1.807) is 24.3 Å². The zero-order chi connectivity index (χ0) is 16.9. The molecule has 0 spiro atoms. The predicted octanol–water partition coefficient (Wildman–Crippen LogP) is 1.98. The molecule has 8 nitrogen and oxygen atoms in total. The molecule has 0 atom stereocenters. The van der Waals surface area contributed by atoms with Crippen molar-refractivity contribution < 1.29 is 22.4 Å². The third-order valence-corrected chi connectivity index (χ3v) is 3.35. The zero-order valence-corrected chi connectivity index (χ0v) is 13.4. The summed E-state index contributed by atoms with van der Waals surface area (Å²) in [5.74, 6) is 0.964. The number of benzene rings is 1. The highest BCUT2D eigenvalue weighted by atomic mass is 32.2. The summed E-state index contributed by atoms with van der Waals surface area (Å²) in [5, 5.41) is 5.22. The van der Waals surface area contributed by atoms with Gasteiger partial charge in [-0.1, -0.05) is 0 Å². The van der Waals surface area contributed by atoms with E-state index in [9.17, 15) is 13.2 Å². The Hall–Kier alpha value is -2.68. The van der Waals surface area contributed by atoms with Crippen molar-refractivity contribution in [3.8, 4) is 5.75 Å². The third kappa shape index (κ3) is 5.22. The number of ether oxygens (including phenoxy) is 1. The smallest absolute Gasteiger partial charge is 0.319 e. The second-order valence-corrected chi connectivity index (χ2v) is 6.42. The molecular formula is C14H17N3O5S. The predicted molar refractivity (Wildman–Crippen MR) is 86.0 cm³/mol. The molecule has 0 radical (unpaired) electrons. The molecule has 0 fully saturated rings. The molecule has 124 valence electrons. The van der Waals surface area contributed by atoms with Gasteiger partial charge in [-0.05, 0) is 30.3 Å². The van der Waals surface area contributed by atoms with Crippen molar-refractivity contribution >= 4 is 27.4 Å². The lowest BCUT2D eigenvalue weighted by Crippen LogP contribution is -2.28. The number of methoxy groups -OCH3 is 1. The number of urea groups is 1. The van der Waals surface area contributed by atoms with Crippen molar-refractivity contribution in [2.24, 2.45) is 0 Å². The van der Waals surface area contributed by atoms with Crippen LogP contribution in [0, 0.1) is 0 Å². The van der Waals surface area contributed by atoms with Crippen LogP contribution in [0.5, 0.6) is 5.75 Å². The van der Waals surface area contributed by atoms with E-state index in [-0.39, 0.29) is 12.2 Å². The molecule has 2 amide bonds. The number of anilines is 2. The molecule has 0 bridgehead atoms. The first-order chi connectivity index (χ1) is 10.9. The summed E-state index contributed by atoms with van der Waals surface area (Å²) >= 11 is 0. The SMILES string of the molecule is COc1ccc(NC(=O)NCc2ccco2)cc1NS(C)(=O)=O. The fourth-order valence-electron chi connectivity index (χ4n) is 1.82. The first-order valence-electron chi connectivity index (χ1n) is 6.60. The van der Waals surface area contributed by atoms with Crippen LogP contribution in [0.3, 0.4) is 0 Å². The Morgan fingerprint density at radius 1 is 1.30 bits per heavy atom. The van der Waals surface area contributed by atoms with Gasteiger partial charge in [-0.15, -0.1) is 0 Å². The van der Waals surface area contributed by atoms with E-state index in [1.807, 2.05) is 0 Å². The van der Waals surface area contributed by atoms with Gasteiger partial charge in [0.2, 0.25) is 10.0 Å². The Balaban J connectivity index is 2.04. The molecule has 1 heterocycles. The van der Waals surface area contributed by atoms with E-state index >= 15 is 0 Å². The summed E-state index contributed by atoms with van der Waals surface area (Å²) < 4.78 is 35.2. The fourth-order valence-corrected chi connectivity index (χ4v) is 2.38. The van der Waals surface area contributed by atoms with E-state index in [0.29, 0.717) is 17.2 Å². The van der Waals surface area contributed by atoms with Gasteiger partial charge < -0.3 is 19.8 Å². The van der Waals surface area contributed by atoms with Crippen LogP contribution < -0.4 is 20.1 Å². The van der Waals surface area contributed by atoms with Crippen LogP contribution in [0.2, 0.25) is 0 Å². The number of sulfonamides is 1. The number of hydrogen-bond acceptors (Lipinski definition) is 5. The molecule has 0 aliphatic carbocycles. The molecule has 0 aliphatic rings. The van der Waals surface area contributed by atoms with Gasteiger partial charge in [0.05, 0.1) is 31.9 Å². The summed E-state index contributed by atoms with van der Waals surface area (Å²) in [5.41, 5.74) is 0.646. The molecule has 9 heteroatoms. The second kappa shape index (κ2) is 7.05. The van der Waals surface area contributed by atoms with Gasteiger partial charge in [0.15, 0.2) is 0 Å². The lowest BCUT2D eigenvalue weighted by Gasteiger charge is -2.12. The van der Waals surface area contributed by atoms with Crippen molar-refractivity contribution in [3.05, 3.63) is 42.4 Å². The lowest BCUT2D eigenvalue weighted by molar-refractivity contribution is 0.251. The number of carbonyl (C=O) groups excluding carboxylic acids is 1. The van der Waals surface area contributed by atoms with Gasteiger partial charge in [-0.3, -0.25) is 4.72 Å². The Morgan fingerprint density at radius 3 is 2.70 bits per heavy atom. The van der Waals surface area contributed by atoms with Gasteiger partial charge >= 0.3 is 6.03 Å². The molecule has 0 saturated carbocycles. The zero-order valence-electron chi connectivity index (χ0n) is 12.6. The van der Waals surface area contributed by atoms with Crippen LogP contribution in [-0.4, -0.2) is 27.8 Å². The summed E-state index contributed by atoms with van der Waals surface area (Å²) in [7, 11) is -2.04. The maximum atomic E-state index is 11.8. The minimum atomic E-state index is -3.47. The maximum absolute atomic E-state index is 11.8. The molecule has 0 aliphatic heterocycles. The van der Waals surface area contributed by atoms with Gasteiger partial charge in [0, 0.05) is 5.69 Å². The summed E-state index contributed by atoms with van der Waals surface area (Å²) in [6.45, 7) is 0.240. The number of nitrogens with one attached hydrogen (secondary N) is 3. The lowest BCUT2D eigenvalue weighted by atomic mass is 10.2. The molecule has 0 unspecified atom stereocenters. The van der Waals surface area contributed by atoms with Crippen molar-refractivity contribution in [1.82, 2.24) is 5.32 Å². The molecular weight excluding hydrogens is 322 g/mol. The molecule has 2 rings (SSSR count). The van der Waals surface area contributed by atoms with E-state index in [2.05, 4.69) is 15.4 Å². The van der Waals surface area contributed by atoms with Crippen LogP contribution in [0.15, 0.2) is 41.0 Å². The Morgan fingerprint density at radius 2 is 2.09 bits per heavy atom. The minimum Gasteiger partial charge on any atom is -0.495 e. The quantitative estimate of drug-likeness (QED) is 0.745. The van der Waals surface area contributed by atoms with Crippen molar-refractivity contribution in [1.29, 1.82) is 0 Å². The minimum absolute atomic E-state index is 0.235. The molecule has 23 heavy (non-hydrogen) atoms. The maximum Gasteiger partial charge on any atom is 0.319 e. The van der Waals surface area contributed by atoms with E-state index in [4.69, 9.17) is 9.15 Å². The molecule has 2 aromatic rings. The summed E-state index contributed by atoms with van der Waals surface area (Å²) in [6, 6.07) is 7.63. The van der Waals surface area contributed by atoms with E-state index < -0.39 is 16.1 Å². The highest BCUT2D eigenvalue weighted by Crippen LogP contribution is 2.28. The fraction of sp³-hybridized carbons (Fsp3) is 0.214. The first kappa shape index (κ1) is 16.7. The Labute approximate surface area is 133 Å². The van der Waals surface area contributed by atoms with Crippen LogP contribution in [0.25, 0.3) is 0 Å². The van der Waals surface area contributed by atoms with Gasteiger partial charge in [-0.2, -0.15) is 0 Å². The summed E-state index contributed by atoms with van der Waals surface area (Å²) in [6.07, 6.45) is 2.55. The van der Waals surface area contributed by atoms with E-state index in [0.717, 1.165) is 6.26 Å². The van der Waals surface area contributed by atoms with Crippen LogP contribution >= 0.6 is 0 Å². The molecule has 3 N–H and O–H groups in total. The summed E-state index contributed by atoms with van der Waals surface area (Å²) in [4.78, 5) is 11.8. The normalized spacial score (nSPS) is 10.9. The monoisotopic (exact) mass is 339 g/mol. The average molecular weight is 339 g/mol. The standard InChI is InChI=1S/C14H17N3O5S/c1-21-13-6-5-10(8-12(13)17-23(2,19)20)16-14(18)15-9-11-4-3-7-22-11/h3-8,17H,9H2,1-2H3,(H2,15,16,18). The van der Waals surface area contributed by atoms with Gasteiger partial charge in [0.1, 0.15) is 11.5 Å². The van der Waals surface area contributed by atoms with Crippen molar-refractivity contribution in [2.75, 3.05) is 23.4 Å². The first-order valence-corrected chi connectivity index (χ1v) is 8.49. The number of carbonyl (C=O) groups is 1. The van der Waals surface area contributed by atoms with Crippen molar-refractivity contribution in [2.45, 2.75) is 6.54 Å². The van der Waals surface area contributed by atoms with Crippen LogP contribution in [-0.2, 0) is 16.6 Å².